The van der Waals surface area contributed by atoms with E-state index in [4.69, 9.17) is 10.5 Å². The van der Waals surface area contributed by atoms with E-state index in [-0.39, 0.29) is 0 Å². The standard InChI is InChI=1S/C12H24N2O/c13-7-6-12-10-15-9-8-14(12)11-4-2-1-3-5-11/h11-12H,1-10,13H2. The molecule has 3 heteroatoms. The van der Waals surface area contributed by atoms with Crippen LogP contribution in [0.2, 0.25) is 0 Å². The SMILES string of the molecule is NCCC1COCCN1C1CCCCC1. The summed E-state index contributed by atoms with van der Waals surface area (Å²) < 4.78 is 5.56. The lowest BCUT2D eigenvalue weighted by Crippen LogP contribution is -2.51. The summed E-state index contributed by atoms with van der Waals surface area (Å²) in [5.41, 5.74) is 5.67. The number of ether oxygens (including phenoxy) is 1. The first-order valence-electron chi connectivity index (χ1n) is 6.45. The number of morpholine rings is 1. The molecule has 0 aromatic heterocycles. The fourth-order valence-electron chi connectivity index (χ4n) is 3.00. The molecule has 1 saturated carbocycles. The van der Waals surface area contributed by atoms with Gasteiger partial charge in [0.2, 0.25) is 0 Å². The number of nitrogens with zero attached hydrogens (tertiary/aromatic N) is 1. The Balaban J connectivity index is 1.90. The van der Waals surface area contributed by atoms with Crippen molar-refractivity contribution >= 4 is 0 Å². The Hall–Kier alpha value is -0.120. The molecule has 0 bridgehead atoms. The molecule has 1 aliphatic heterocycles. The molecule has 88 valence electrons. The van der Waals surface area contributed by atoms with Gasteiger partial charge in [-0.3, -0.25) is 4.90 Å². The van der Waals surface area contributed by atoms with E-state index in [2.05, 4.69) is 4.90 Å². The van der Waals surface area contributed by atoms with Crippen LogP contribution in [0.25, 0.3) is 0 Å². The number of nitrogens with two attached hydrogens (primary N) is 1. The van der Waals surface area contributed by atoms with E-state index in [0.29, 0.717) is 6.04 Å². The van der Waals surface area contributed by atoms with Crippen LogP contribution in [-0.4, -0.2) is 43.3 Å². The molecule has 2 rings (SSSR count). The van der Waals surface area contributed by atoms with Gasteiger partial charge in [0.15, 0.2) is 0 Å². The molecule has 0 aromatic carbocycles. The van der Waals surface area contributed by atoms with Crippen LogP contribution in [0.1, 0.15) is 38.5 Å². The average Bonchev–Trinajstić information content (AvgIpc) is 2.31. The Labute approximate surface area is 93.0 Å². The second-order valence-electron chi connectivity index (χ2n) is 4.84. The number of hydrogen-bond acceptors (Lipinski definition) is 3. The van der Waals surface area contributed by atoms with E-state index in [9.17, 15) is 0 Å². The Morgan fingerprint density at radius 3 is 2.73 bits per heavy atom. The third-order valence-electron chi connectivity index (χ3n) is 3.82. The Kier molecular flexibility index (Phi) is 4.42. The van der Waals surface area contributed by atoms with Gasteiger partial charge in [-0.25, -0.2) is 0 Å². The highest BCUT2D eigenvalue weighted by Gasteiger charge is 2.29. The van der Waals surface area contributed by atoms with E-state index >= 15 is 0 Å². The van der Waals surface area contributed by atoms with E-state index in [1.807, 2.05) is 0 Å². The molecule has 15 heavy (non-hydrogen) atoms. The van der Waals surface area contributed by atoms with Crippen LogP contribution in [-0.2, 0) is 4.74 Å². The molecule has 2 aliphatic rings. The lowest BCUT2D eigenvalue weighted by Gasteiger charge is -2.42. The van der Waals surface area contributed by atoms with Crippen LogP contribution in [0.4, 0.5) is 0 Å². The zero-order valence-electron chi connectivity index (χ0n) is 9.66. The molecule has 3 nitrogen and oxygen atoms in total. The normalized spacial score (nSPS) is 30.6. The van der Waals surface area contributed by atoms with E-state index in [1.54, 1.807) is 0 Å². The first-order chi connectivity index (χ1) is 7.42. The minimum atomic E-state index is 0.590. The molecule has 1 aliphatic carbocycles. The minimum Gasteiger partial charge on any atom is -0.378 e. The van der Waals surface area contributed by atoms with Gasteiger partial charge in [0.25, 0.3) is 0 Å². The summed E-state index contributed by atoms with van der Waals surface area (Å²) in [6, 6.07) is 1.41. The molecule has 1 saturated heterocycles. The third-order valence-corrected chi connectivity index (χ3v) is 3.82. The molecular formula is C12H24N2O. The lowest BCUT2D eigenvalue weighted by molar-refractivity contribution is -0.0377. The molecular weight excluding hydrogens is 188 g/mol. The first kappa shape index (κ1) is 11.4. The summed E-state index contributed by atoms with van der Waals surface area (Å²) in [5.74, 6) is 0. The van der Waals surface area contributed by atoms with Gasteiger partial charge in [-0.2, -0.15) is 0 Å². The third kappa shape index (κ3) is 2.92. The predicted octanol–water partition coefficient (Wildman–Crippen LogP) is 1.37. The van der Waals surface area contributed by atoms with Crippen molar-refractivity contribution in [3.8, 4) is 0 Å². The smallest absolute Gasteiger partial charge is 0.0623 e. The van der Waals surface area contributed by atoms with Crippen LogP contribution in [0.3, 0.4) is 0 Å². The van der Waals surface area contributed by atoms with E-state index in [0.717, 1.165) is 38.8 Å². The van der Waals surface area contributed by atoms with Gasteiger partial charge < -0.3 is 10.5 Å². The Bertz CT molecular complexity index is 168. The van der Waals surface area contributed by atoms with Gasteiger partial charge in [-0.1, -0.05) is 19.3 Å². The summed E-state index contributed by atoms with van der Waals surface area (Å²) >= 11 is 0. The minimum absolute atomic E-state index is 0.590. The highest BCUT2D eigenvalue weighted by Crippen LogP contribution is 2.26. The van der Waals surface area contributed by atoms with Crippen molar-refractivity contribution in [3.05, 3.63) is 0 Å². The van der Waals surface area contributed by atoms with Gasteiger partial charge in [-0.15, -0.1) is 0 Å². The molecule has 0 spiro atoms. The van der Waals surface area contributed by atoms with Crippen molar-refractivity contribution in [2.24, 2.45) is 5.73 Å². The van der Waals surface area contributed by atoms with Crippen molar-refractivity contribution in [1.29, 1.82) is 0 Å². The van der Waals surface area contributed by atoms with Gasteiger partial charge in [0.05, 0.1) is 13.2 Å². The molecule has 0 radical (unpaired) electrons. The summed E-state index contributed by atoms with van der Waals surface area (Å²) in [6.07, 6.45) is 8.13. The van der Waals surface area contributed by atoms with Crippen molar-refractivity contribution in [2.45, 2.75) is 50.6 Å². The van der Waals surface area contributed by atoms with Crippen molar-refractivity contribution in [2.75, 3.05) is 26.3 Å². The molecule has 0 aromatic rings. The van der Waals surface area contributed by atoms with Crippen LogP contribution in [0.15, 0.2) is 0 Å². The monoisotopic (exact) mass is 212 g/mol. The van der Waals surface area contributed by atoms with Crippen LogP contribution in [0.5, 0.6) is 0 Å². The van der Waals surface area contributed by atoms with Crippen molar-refractivity contribution in [1.82, 2.24) is 4.90 Å². The Morgan fingerprint density at radius 2 is 2.00 bits per heavy atom. The second-order valence-corrected chi connectivity index (χ2v) is 4.84. The first-order valence-corrected chi connectivity index (χ1v) is 6.45. The molecule has 1 heterocycles. The highest BCUT2D eigenvalue weighted by molar-refractivity contribution is 4.84. The zero-order valence-corrected chi connectivity index (χ0v) is 9.66. The summed E-state index contributed by atoms with van der Waals surface area (Å²) in [4.78, 5) is 2.68. The van der Waals surface area contributed by atoms with Crippen LogP contribution in [0, 0.1) is 0 Å². The van der Waals surface area contributed by atoms with Gasteiger partial charge in [0, 0.05) is 18.6 Å². The van der Waals surface area contributed by atoms with Gasteiger partial charge >= 0.3 is 0 Å². The maximum atomic E-state index is 5.67. The number of hydrogen-bond donors (Lipinski definition) is 1. The molecule has 2 N–H and O–H groups in total. The second kappa shape index (κ2) is 5.83. The molecule has 1 unspecified atom stereocenters. The molecule has 2 fully saturated rings. The fraction of sp³-hybridized carbons (Fsp3) is 1.00. The van der Waals surface area contributed by atoms with E-state index < -0.39 is 0 Å². The van der Waals surface area contributed by atoms with Gasteiger partial charge in [-0.05, 0) is 25.8 Å². The predicted molar refractivity (Wildman–Crippen MR) is 61.9 cm³/mol. The van der Waals surface area contributed by atoms with Crippen LogP contribution < -0.4 is 5.73 Å². The van der Waals surface area contributed by atoms with Crippen molar-refractivity contribution in [3.63, 3.8) is 0 Å². The summed E-state index contributed by atoms with van der Waals surface area (Å²) in [6.45, 7) is 3.72. The maximum Gasteiger partial charge on any atom is 0.0623 e. The summed E-state index contributed by atoms with van der Waals surface area (Å²) in [7, 11) is 0. The topological polar surface area (TPSA) is 38.5 Å². The molecule has 0 amide bonds. The molecule has 1 atom stereocenters. The average molecular weight is 212 g/mol. The largest absolute Gasteiger partial charge is 0.378 e. The quantitative estimate of drug-likeness (QED) is 0.768. The fourth-order valence-corrected chi connectivity index (χ4v) is 3.00. The summed E-state index contributed by atoms with van der Waals surface area (Å²) in [5, 5.41) is 0. The van der Waals surface area contributed by atoms with Crippen molar-refractivity contribution < 1.29 is 4.74 Å². The van der Waals surface area contributed by atoms with E-state index in [1.165, 1.54) is 32.1 Å². The highest BCUT2D eigenvalue weighted by atomic mass is 16.5. The number of rotatable bonds is 3. The zero-order chi connectivity index (χ0) is 10.5. The lowest BCUT2D eigenvalue weighted by atomic mass is 9.92. The van der Waals surface area contributed by atoms with Crippen LogP contribution >= 0.6 is 0 Å². The maximum absolute atomic E-state index is 5.67. The Morgan fingerprint density at radius 1 is 1.20 bits per heavy atom. The van der Waals surface area contributed by atoms with Gasteiger partial charge in [0.1, 0.15) is 0 Å².